The van der Waals surface area contributed by atoms with Gasteiger partial charge in [0.1, 0.15) is 0 Å². The van der Waals surface area contributed by atoms with Crippen LogP contribution in [-0.4, -0.2) is 37.9 Å². The quantitative estimate of drug-likeness (QED) is 0.767. The predicted octanol–water partition coefficient (Wildman–Crippen LogP) is 2.79. The number of alkyl halides is 2. The minimum absolute atomic E-state index is 0.670. The van der Waals surface area contributed by atoms with Crippen molar-refractivity contribution in [3.63, 3.8) is 0 Å². The van der Waals surface area contributed by atoms with Crippen LogP contribution in [0.5, 0.6) is 0 Å². The summed E-state index contributed by atoms with van der Waals surface area (Å²) in [5.41, 5.74) is 2.55. The number of nitrogens with zero attached hydrogens (tertiary/aromatic N) is 2. The van der Waals surface area contributed by atoms with Crippen LogP contribution in [0, 0.1) is 0 Å². The van der Waals surface area contributed by atoms with Gasteiger partial charge in [-0.15, -0.1) is 23.2 Å². The van der Waals surface area contributed by atoms with Crippen molar-refractivity contribution >= 4 is 34.6 Å². The van der Waals surface area contributed by atoms with Gasteiger partial charge in [-0.2, -0.15) is 0 Å². The molecule has 0 aromatic heterocycles. The summed E-state index contributed by atoms with van der Waals surface area (Å²) in [6.07, 6.45) is 0. The standard InChI is InChI=1S/C12H16Cl2N2/c13-5-7-15-9-10-16(8-6-14)12-4-2-1-3-11(12)15/h1-4H,5-10H2. The van der Waals surface area contributed by atoms with Gasteiger partial charge >= 0.3 is 0 Å². The van der Waals surface area contributed by atoms with E-state index in [1.54, 1.807) is 0 Å². The zero-order chi connectivity index (χ0) is 11.4. The Morgan fingerprint density at radius 1 is 0.875 bits per heavy atom. The molecule has 1 aromatic carbocycles. The highest BCUT2D eigenvalue weighted by Gasteiger charge is 2.20. The Kier molecular flexibility index (Phi) is 4.19. The Bertz CT molecular complexity index is 311. The molecule has 0 saturated heterocycles. The molecule has 0 radical (unpaired) electrons. The van der Waals surface area contributed by atoms with E-state index in [2.05, 4.69) is 34.1 Å². The number of hydrogen-bond donors (Lipinski definition) is 0. The SMILES string of the molecule is ClCCN1CCN(CCCl)c2ccccc21. The van der Waals surface area contributed by atoms with Crippen molar-refractivity contribution in [2.24, 2.45) is 0 Å². The van der Waals surface area contributed by atoms with E-state index in [0.29, 0.717) is 11.8 Å². The maximum atomic E-state index is 5.82. The highest BCUT2D eigenvalue weighted by molar-refractivity contribution is 6.18. The molecular weight excluding hydrogens is 243 g/mol. The van der Waals surface area contributed by atoms with Crippen LogP contribution in [0.2, 0.25) is 0 Å². The number of para-hydroxylation sites is 2. The largest absolute Gasteiger partial charge is 0.367 e. The van der Waals surface area contributed by atoms with Crippen molar-refractivity contribution in [3.8, 4) is 0 Å². The molecule has 1 aliphatic rings. The van der Waals surface area contributed by atoms with E-state index in [1.165, 1.54) is 11.4 Å². The van der Waals surface area contributed by atoms with Gasteiger partial charge in [0.2, 0.25) is 0 Å². The van der Waals surface area contributed by atoms with Crippen molar-refractivity contribution in [1.29, 1.82) is 0 Å². The fraction of sp³-hybridized carbons (Fsp3) is 0.500. The van der Waals surface area contributed by atoms with Gasteiger partial charge < -0.3 is 9.80 Å². The summed E-state index contributed by atoms with van der Waals surface area (Å²) < 4.78 is 0. The van der Waals surface area contributed by atoms with E-state index in [4.69, 9.17) is 23.2 Å². The van der Waals surface area contributed by atoms with Crippen LogP contribution in [0.3, 0.4) is 0 Å². The molecule has 0 aliphatic carbocycles. The molecule has 0 bridgehead atoms. The zero-order valence-corrected chi connectivity index (χ0v) is 10.7. The molecule has 4 heteroatoms. The molecule has 0 atom stereocenters. The number of halogens is 2. The van der Waals surface area contributed by atoms with Crippen LogP contribution in [-0.2, 0) is 0 Å². The molecule has 88 valence electrons. The lowest BCUT2D eigenvalue weighted by Crippen LogP contribution is -2.42. The van der Waals surface area contributed by atoms with Gasteiger partial charge in [0.05, 0.1) is 11.4 Å². The van der Waals surface area contributed by atoms with Gasteiger partial charge in [-0.25, -0.2) is 0 Å². The molecule has 0 saturated carbocycles. The van der Waals surface area contributed by atoms with E-state index in [1.807, 2.05) is 0 Å². The molecular formula is C12H16Cl2N2. The molecule has 2 rings (SSSR count). The van der Waals surface area contributed by atoms with E-state index >= 15 is 0 Å². The summed E-state index contributed by atoms with van der Waals surface area (Å²) >= 11 is 11.6. The Morgan fingerprint density at radius 3 is 1.69 bits per heavy atom. The predicted molar refractivity (Wildman–Crippen MR) is 72.3 cm³/mol. The lowest BCUT2D eigenvalue weighted by Gasteiger charge is -2.38. The van der Waals surface area contributed by atoms with Crippen molar-refractivity contribution in [2.75, 3.05) is 47.7 Å². The second-order valence-corrected chi connectivity index (χ2v) is 4.60. The third kappa shape index (κ3) is 2.38. The molecule has 1 aromatic rings. The van der Waals surface area contributed by atoms with Gasteiger partial charge in [0, 0.05) is 37.9 Å². The average Bonchev–Trinajstić information content (AvgIpc) is 2.33. The molecule has 0 unspecified atom stereocenters. The maximum absolute atomic E-state index is 5.82. The first-order chi connectivity index (χ1) is 7.86. The zero-order valence-electron chi connectivity index (χ0n) is 9.20. The van der Waals surface area contributed by atoms with Crippen LogP contribution >= 0.6 is 23.2 Å². The van der Waals surface area contributed by atoms with Gasteiger partial charge in [0.15, 0.2) is 0 Å². The Morgan fingerprint density at radius 2 is 1.31 bits per heavy atom. The fourth-order valence-electron chi connectivity index (χ4n) is 2.15. The van der Waals surface area contributed by atoms with E-state index in [0.717, 1.165) is 26.2 Å². The second-order valence-electron chi connectivity index (χ2n) is 3.84. The molecule has 0 amide bonds. The number of fused-ring (bicyclic) bond motifs is 1. The summed E-state index contributed by atoms with van der Waals surface area (Å²) in [7, 11) is 0. The Balaban J connectivity index is 2.25. The van der Waals surface area contributed by atoms with Crippen LogP contribution in [0.1, 0.15) is 0 Å². The first kappa shape index (κ1) is 11.9. The summed E-state index contributed by atoms with van der Waals surface area (Å²) in [6.45, 7) is 3.88. The molecule has 16 heavy (non-hydrogen) atoms. The van der Waals surface area contributed by atoms with Gasteiger partial charge in [-0.3, -0.25) is 0 Å². The fourth-order valence-corrected chi connectivity index (χ4v) is 2.56. The number of benzene rings is 1. The van der Waals surface area contributed by atoms with Crippen molar-refractivity contribution in [3.05, 3.63) is 24.3 Å². The minimum Gasteiger partial charge on any atom is -0.367 e. The summed E-state index contributed by atoms with van der Waals surface area (Å²) in [4.78, 5) is 4.68. The van der Waals surface area contributed by atoms with Crippen molar-refractivity contribution < 1.29 is 0 Å². The number of rotatable bonds is 4. The third-order valence-corrected chi connectivity index (χ3v) is 3.25. The molecule has 1 heterocycles. The van der Waals surface area contributed by atoms with Crippen molar-refractivity contribution in [2.45, 2.75) is 0 Å². The maximum Gasteiger partial charge on any atom is 0.0605 e. The number of hydrogen-bond acceptors (Lipinski definition) is 2. The van der Waals surface area contributed by atoms with Gasteiger partial charge in [0.25, 0.3) is 0 Å². The van der Waals surface area contributed by atoms with E-state index < -0.39 is 0 Å². The van der Waals surface area contributed by atoms with Gasteiger partial charge in [-0.05, 0) is 12.1 Å². The first-order valence-corrected chi connectivity index (χ1v) is 6.64. The third-order valence-electron chi connectivity index (χ3n) is 2.91. The topological polar surface area (TPSA) is 6.48 Å². The smallest absolute Gasteiger partial charge is 0.0605 e. The van der Waals surface area contributed by atoms with Crippen LogP contribution in [0.4, 0.5) is 11.4 Å². The summed E-state index contributed by atoms with van der Waals surface area (Å²) in [5, 5.41) is 0. The molecule has 1 aliphatic heterocycles. The van der Waals surface area contributed by atoms with Crippen LogP contribution in [0.25, 0.3) is 0 Å². The monoisotopic (exact) mass is 258 g/mol. The molecule has 0 fully saturated rings. The molecule has 0 N–H and O–H groups in total. The van der Waals surface area contributed by atoms with Crippen LogP contribution < -0.4 is 9.80 Å². The minimum atomic E-state index is 0.670. The highest BCUT2D eigenvalue weighted by Crippen LogP contribution is 2.32. The lowest BCUT2D eigenvalue weighted by molar-refractivity contribution is 0.726. The second kappa shape index (κ2) is 5.65. The Hall–Kier alpha value is -0.600. The van der Waals surface area contributed by atoms with Crippen molar-refractivity contribution in [1.82, 2.24) is 0 Å². The number of anilines is 2. The molecule has 0 spiro atoms. The summed E-state index contributed by atoms with van der Waals surface area (Å²) in [6, 6.07) is 8.46. The first-order valence-electron chi connectivity index (χ1n) is 5.57. The Labute approximate surface area is 107 Å². The van der Waals surface area contributed by atoms with E-state index in [9.17, 15) is 0 Å². The summed E-state index contributed by atoms with van der Waals surface area (Å²) in [5.74, 6) is 1.34. The highest BCUT2D eigenvalue weighted by atomic mass is 35.5. The van der Waals surface area contributed by atoms with Crippen LogP contribution in [0.15, 0.2) is 24.3 Å². The van der Waals surface area contributed by atoms with E-state index in [-0.39, 0.29) is 0 Å². The van der Waals surface area contributed by atoms with Gasteiger partial charge in [-0.1, -0.05) is 12.1 Å². The normalized spacial score (nSPS) is 15.1. The lowest BCUT2D eigenvalue weighted by atomic mass is 10.1. The molecule has 2 nitrogen and oxygen atoms in total. The average molecular weight is 259 g/mol.